The van der Waals surface area contributed by atoms with E-state index >= 15 is 0 Å². The van der Waals surface area contributed by atoms with Gasteiger partial charge in [-0.3, -0.25) is 20.1 Å². The Morgan fingerprint density at radius 2 is 1.73 bits per heavy atom. The lowest BCUT2D eigenvalue weighted by atomic mass is 9.83. The van der Waals surface area contributed by atoms with Crippen LogP contribution in [0.15, 0.2) is 77.8 Å². The molecule has 0 saturated heterocycles. The number of amides is 1. The minimum absolute atomic E-state index is 0.396. The Hall–Kier alpha value is -2.57. The van der Waals surface area contributed by atoms with Crippen LogP contribution in [-0.4, -0.2) is 15.9 Å². The smallest absolute Gasteiger partial charge is 0.242 e. The number of hydrogen-bond donors (Lipinski definition) is 2. The number of halogens is 1. The molecule has 3 rings (SSSR count). The van der Waals surface area contributed by atoms with Crippen LogP contribution in [0.4, 0.5) is 0 Å². The second kappa shape index (κ2) is 8.21. The van der Waals surface area contributed by atoms with E-state index in [4.69, 9.17) is 5.73 Å². The molecule has 132 valence electrons. The van der Waals surface area contributed by atoms with Crippen molar-refractivity contribution < 1.29 is 4.79 Å². The van der Waals surface area contributed by atoms with Gasteiger partial charge in [-0.05, 0) is 41.0 Å². The predicted octanol–water partition coefficient (Wildman–Crippen LogP) is 2.95. The largest absolute Gasteiger partial charge is 0.368 e. The molecule has 1 unspecified atom stereocenters. The highest BCUT2D eigenvalue weighted by atomic mass is 79.9. The van der Waals surface area contributed by atoms with Crippen LogP contribution in [0.5, 0.6) is 0 Å². The summed E-state index contributed by atoms with van der Waals surface area (Å²) in [5.41, 5.74) is 7.54. The van der Waals surface area contributed by atoms with Crippen LogP contribution in [0, 0.1) is 0 Å². The quantitative estimate of drug-likeness (QED) is 0.627. The number of hydrogen-bond acceptors (Lipinski definition) is 4. The first kappa shape index (κ1) is 18.2. The van der Waals surface area contributed by atoms with Gasteiger partial charge in [-0.15, -0.1) is 0 Å². The van der Waals surface area contributed by atoms with Gasteiger partial charge in [-0.25, -0.2) is 0 Å². The molecule has 2 heterocycles. The molecule has 6 heteroatoms. The summed E-state index contributed by atoms with van der Waals surface area (Å²) in [6, 6.07) is 15.2. The number of primary amides is 1. The summed E-state index contributed by atoms with van der Waals surface area (Å²) in [5.74, 6) is -0.441. The molecule has 26 heavy (non-hydrogen) atoms. The first-order valence-electron chi connectivity index (χ1n) is 8.19. The lowest BCUT2D eigenvalue weighted by Crippen LogP contribution is -2.54. The van der Waals surface area contributed by atoms with Gasteiger partial charge in [0.25, 0.3) is 0 Å². The molecule has 0 aliphatic heterocycles. The maximum absolute atomic E-state index is 12.7. The van der Waals surface area contributed by atoms with Gasteiger partial charge in [0, 0.05) is 42.2 Å². The minimum atomic E-state index is -1.07. The lowest BCUT2D eigenvalue weighted by molar-refractivity contribution is -0.125. The second-order valence-corrected chi connectivity index (χ2v) is 6.95. The summed E-state index contributed by atoms with van der Waals surface area (Å²) in [5, 5.41) is 3.38. The number of carbonyl (C=O) groups is 1. The van der Waals surface area contributed by atoms with E-state index in [0.717, 1.165) is 21.2 Å². The van der Waals surface area contributed by atoms with Crippen LogP contribution in [0.2, 0.25) is 0 Å². The number of pyridine rings is 2. The fraction of sp³-hybridized carbons (Fsp3) is 0.150. The third-order valence-corrected chi connectivity index (χ3v) is 4.74. The molecule has 3 N–H and O–H groups in total. The van der Waals surface area contributed by atoms with Gasteiger partial charge >= 0.3 is 0 Å². The first-order chi connectivity index (χ1) is 12.6. The number of benzene rings is 1. The van der Waals surface area contributed by atoms with Gasteiger partial charge in [0.05, 0.1) is 0 Å². The van der Waals surface area contributed by atoms with Crippen LogP contribution in [0.3, 0.4) is 0 Å². The Bertz CT molecular complexity index is 873. The molecular formula is C20H19BrN4O. The van der Waals surface area contributed by atoms with Crippen molar-refractivity contribution in [3.8, 4) is 0 Å². The van der Waals surface area contributed by atoms with Gasteiger partial charge in [0.1, 0.15) is 5.54 Å². The zero-order valence-electron chi connectivity index (χ0n) is 14.1. The fourth-order valence-electron chi connectivity index (χ4n) is 2.90. The minimum Gasteiger partial charge on any atom is -0.368 e. The van der Waals surface area contributed by atoms with Crippen LogP contribution in [0.25, 0.3) is 0 Å². The molecule has 0 aliphatic carbocycles. The number of nitrogens with zero attached hydrogens (tertiary/aromatic N) is 2. The molecule has 0 radical (unpaired) electrons. The van der Waals surface area contributed by atoms with E-state index in [1.54, 1.807) is 24.8 Å². The van der Waals surface area contributed by atoms with Crippen molar-refractivity contribution in [1.29, 1.82) is 0 Å². The molecule has 5 nitrogen and oxygen atoms in total. The Balaban J connectivity index is 2.01. The molecule has 2 aromatic heterocycles. The fourth-order valence-corrected chi connectivity index (χ4v) is 3.30. The second-order valence-electron chi connectivity index (χ2n) is 6.03. The summed E-state index contributed by atoms with van der Waals surface area (Å²) >= 11 is 3.48. The van der Waals surface area contributed by atoms with E-state index < -0.39 is 11.4 Å². The highest BCUT2D eigenvalue weighted by Crippen LogP contribution is 2.28. The Morgan fingerprint density at radius 1 is 1.04 bits per heavy atom. The summed E-state index contributed by atoms with van der Waals surface area (Å²) in [6.07, 6.45) is 7.34. The van der Waals surface area contributed by atoms with Crippen molar-refractivity contribution in [3.63, 3.8) is 0 Å². The molecule has 0 aliphatic rings. The molecule has 0 spiro atoms. The molecule has 1 atom stereocenters. The summed E-state index contributed by atoms with van der Waals surface area (Å²) in [7, 11) is 0. The Labute approximate surface area is 160 Å². The van der Waals surface area contributed by atoms with Crippen molar-refractivity contribution in [1.82, 2.24) is 15.3 Å². The van der Waals surface area contributed by atoms with Gasteiger partial charge in [0.2, 0.25) is 5.91 Å². The molecular weight excluding hydrogens is 392 g/mol. The van der Waals surface area contributed by atoms with Crippen molar-refractivity contribution in [2.24, 2.45) is 5.73 Å². The van der Waals surface area contributed by atoms with Crippen LogP contribution < -0.4 is 11.1 Å². The third-order valence-electron chi connectivity index (χ3n) is 4.25. The number of aromatic nitrogens is 2. The maximum atomic E-state index is 12.7. The van der Waals surface area contributed by atoms with E-state index in [9.17, 15) is 4.79 Å². The van der Waals surface area contributed by atoms with E-state index in [1.165, 1.54) is 0 Å². The van der Waals surface area contributed by atoms with Gasteiger partial charge in [-0.2, -0.15) is 0 Å². The molecule has 1 aromatic carbocycles. The highest BCUT2D eigenvalue weighted by molar-refractivity contribution is 9.10. The van der Waals surface area contributed by atoms with Crippen molar-refractivity contribution in [3.05, 3.63) is 94.5 Å². The lowest BCUT2D eigenvalue weighted by Gasteiger charge is -2.33. The zero-order valence-corrected chi connectivity index (χ0v) is 15.7. The summed E-state index contributed by atoms with van der Waals surface area (Å²) < 4.78 is 0.884. The number of nitrogens with one attached hydrogen (secondary N) is 1. The third kappa shape index (κ3) is 4.15. The maximum Gasteiger partial charge on any atom is 0.242 e. The Kier molecular flexibility index (Phi) is 5.75. The number of nitrogens with two attached hydrogens (primary N) is 1. The van der Waals surface area contributed by atoms with Gasteiger partial charge in [0.15, 0.2) is 0 Å². The predicted molar refractivity (Wildman–Crippen MR) is 104 cm³/mol. The molecule has 0 saturated carbocycles. The Morgan fingerprint density at radius 3 is 2.31 bits per heavy atom. The van der Waals surface area contributed by atoms with Crippen molar-refractivity contribution >= 4 is 21.8 Å². The van der Waals surface area contributed by atoms with Crippen LogP contribution >= 0.6 is 15.9 Å². The van der Waals surface area contributed by atoms with Gasteiger partial charge < -0.3 is 5.73 Å². The molecule has 3 aromatic rings. The topological polar surface area (TPSA) is 80.9 Å². The molecule has 0 fully saturated rings. The molecule has 0 bridgehead atoms. The zero-order chi connectivity index (χ0) is 18.4. The number of carbonyl (C=O) groups excluding carboxylic acids is 1. The average molecular weight is 411 g/mol. The van der Waals surface area contributed by atoms with E-state index in [0.29, 0.717) is 13.0 Å². The summed E-state index contributed by atoms with van der Waals surface area (Å²) in [4.78, 5) is 21.0. The van der Waals surface area contributed by atoms with Crippen molar-refractivity contribution in [2.45, 2.75) is 18.5 Å². The van der Waals surface area contributed by atoms with Crippen LogP contribution in [-0.2, 0) is 23.3 Å². The first-order valence-corrected chi connectivity index (χ1v) is 8.98. The highest BCUT2D eigenvalue weighted by Gasteiger charge is 2.38. The number of rotatable bonds is 7. The van der Waals surface area contributed by atoms with Crippen molar-refractivity contribution in [2.75, 3.05) is 0 Å². The standard InChI is InChI=1S/C20H19BrN4O/c21-18-7-1-6-17(10-18)20(19(22)26,11-15-4-2-8-23-12-15)25-14-16-5-3-9-24-13-16/h1-10,12-13,25H,11,14H2,(H2,22,26). The average Bonchev–Trinajstić information content (AvgIpc) is 2.66. The monoisotopic (exact) mass is 410 g/mol. The SMILES string of the molecule is NC(=O)C(Cc1cccnc1)(NCc1cccnc1)c1cccc(Br)c1. The van der Waals surface area contributed by atoms with Gasteiger partial charge in [-0.1, -0.05) is 40.2 Å². The van der Waals surface area contributed by atoms with E-state index in [1.807, 2.05) is 48.5 Å². The van der Waals surface area contributed by atoms with E-state index in [2.05, 4.69) is 31.2 Å². The normalized spacial score (nSPS) is 13.1. The molecule has 1 amide bonds. The summed E-state index contributed by atoms with van der Waals surface area (Å²) in [6.45, 7) is 0.462. The van der Waals surface area contributed by atoms with Crippen LogP contribution in [0.1, 0.15) is 16.7 Å². The van der Waals surface area contributed by atoms with E-state index in [-0.39, 0.29) is 0 Å².